The number of likely N-dealkylation sites (N-methyl/N-ethyl adjacent to an activating group) is 1. The van der Waals surface area contributed by atoms with Crippen LogP contribution in [0.15, 0.2) is 66.7 Å². The van der Waals surface area contributed by atoms with Crippen LogP contribution < -0.4 is 10.2 Å². The molecule has 4 atom stereocenters. The summed E-state index contributed by atoms with van der Waals surface area (Å²) in [6.07, 6.45) is 0. The first-order valence-corrected chi connectivity index (χ1v) is 17.1. The number of carbonyl (C=O) groups is 2. The lowest BCUT2D eigenvalue weighted by Crippen LogP contribution is -2.61. The number of aromatic nitrogens is 1. The molecule has 1 amide bonds. The van der Waals surface area contributed by atoms with Gasteiger partial charge in [-0.25, -0.2) is 4.98 Å². The van der Waals surface area contributed by atoms with Crippen molar-refractivity contribution in [1.82, 2.24) is 20.1 Å². The second kappa shape index (κ2) is 9.25. The van der Waals surface area contributed by atoms with E-state index in [1.807, 2.05) is 42.1 Å². The van der Waals surface area contributed by atoms with Gasteiger partial charge in [-0.05, 0) is 35.5 Å². The summed E-state index contributed by atoms with van der Waals surface area (Å²) in [5.74, 6) is 1.96. The monoisotopic (exact) mass is 623 g/mol. The van der Waals surface area contributed by atoms with E-state index in [0.29, 0.717) is 15.8 Å². The number of pyridine rings is 1. The summed E-state index contributed by atoms with van der Waals surface area (Å²) in [5.41, 5.74) is 2.43. The maximum Gasteiger partial charge on any atom is 0.245 e. The minimum atomic E-state index is -1.19. The van der Waals surface area contributed by atoms with Gasteiger partial charge < -0.3 is 15.1 Å². The molecule has 1 aromatic heterocycles. The number of thioether (sulfide) groups is 2. The van der Waals surface area contributed by atoms with Crippen LogP contribution in [0, 0.1) is 0 Å². The molecule has 216 valence electrons. The topological polar surface area (TPSA) is 68.8 Å². The summed E-state index contributed by atoms with van der Waals surface area (Å²) in [5, 5.41) is 6.07. The highest BCUT2D eigenvalue weighted by molar-refractivity contribution is 8.25. The lowest BCUT2D eigenvalue weighted by Gasteiger charge is -2.43. The van der Waals surface area contributed by atoms with Gasteiger partial charge in [0.05, 0.1) is 5.52 Å². The van der Waals surface area contributed by atoms with Crippen molar-refractivity contribution in [3.05, 3.63) is 83.4 Å². The van der Waals surface area contributed by atoms with E-state index in [4.69, 9.17) is 17.2 Å². The van der Waals surface area contributed by atoms with Gasteiger partial charge >= 0.3 is 0 Å². The van der Waals surface area contributed by atoms with Crippen LogP contribution in [0.4, 0.5) is 5.82 Å². The molecule has 0 radical (unpaired) electrons. The summed E-state index contributed by atoms with van der Waals surface area (Å²) in [4.78, 5) is 42.3. The lowest BCUT2D eigenvalue weighted by atomic mass is 9.70. The highest BCUT2D eigenvalue weighted by atomic mass is 32.2. The molecule has 3 aromatic carbocycles. The van der Waals surface area contributed by atoms with Crippen LogP contribution in [0.3, 0.4) is 0 Å². The number of para-hydroxylation sites is 1. The van der Waals surface area contributed by atoms with Crippen LogP contribution in [0.5, 0.6) is 0 Å². The van der Waals surface area contributed by atoms with Gasteiger partial charge in [-0.15, -0.1) is 11.8 Å². The number of hydrogen-bond donors (Lipinski definition) is 1. The number of nitrogens with zero attached hydrogens (tertiary/aromatic N) is 4. The quantitative estimate of drug-likeness (QED) is 0.323. The van der Waals surface area contributed by atoms with Crippen LogP contribution in [-0.2, 0) is 10.3 Å². The molecule has 2 spiro atoms. The predicted octanol–water partition coefficient (Wildman–Crippen LogP) is 4.59. The fourth-order valence-corrected chi connectivity index (χ4v) is 11.7. The van der Waals surface area contributed by atoms with E-state index in [9.17, 15) is 4.79 Å². The van der Waals surface area contributed by atoms with Crippen LogP contribution in [0.2, 0.25) is 0 Å². The van der Waals surface area contributed by atoms with Crippen molar-refractivity contribution in [3.63, 3.8) is 0 Å². The summed E-state index contributed by atoms with van der Waals surface area (Å²) in [6, 6.07) is 22.6. The molecule has 1 aliphatic carbocycles. The Hall–Kier alpha value is -3.02. The van der Waals surface area contributed by atoms with Crippen LogP contribution in [0.1, 0.15) is 27.4 Å². The third-order valence-corrected chi connectivity index (χ3v) is 13.0. The Morgan fingerprint density at radius 2 is 1.74 bits per heavy atom. The molecule has 0 bridgehead atoms. The molecule has 43 heavy (non-hydrogen) atoms. The zero-order chi connectivity index (χ0) is 29.1. The number of fused-ring (bicyclic) bond motifs is 5. The number of ketones is 1. The van der Waals surface area contributed by atoms with Crippen molar-refractivity contribution in [2.24, 2.45) is 0 Å². The van der Waals surface area contributed by atoms with Crippen molar-refractivity contribution >= 4 is 79.2 Å². The minimum absolute atomic E-state index is 0.0107. The first-order valence-electron chi connectivity index (χ1n) is 14.7. The molecule has 4 unspecified atom stereocenters. The molecule has 0 saturated carbocycles. The van der Waals surface area contributed by atoms with E-state index in [1.54, 1.807) is 0 Å². The molecule has 4 fully saturated rings. The van der Waals surface area contributed by atoms with Crippen molar-refractivity contribution < 1.29 is 9.59 Å². The number of nitrogens with one attached hydrogen (secondary N) is 1. The maximum atomic E-state index is 15.2. The zero-order valence-electron chi connectivity index (χ0n) is 23.6. The summed E-state index contributed by atoms with van der Waals surface area (Å²) < 4.78 is -0.750. The van der Waals surface area contributed by atoms with Gasteiger partial charge in [-0.1, -0.05) is 78.6 Å². The Balaban J connectivity index is 1.36. The fraction of sp³-hybridized carbons (Fsp3) is 0.333. The Morgan fingerprint density at radius 3 is 2.53 bits per heavy atom. The van der Waals surface area contributed by atoms with Crippen molar-refractivity contribution in [2.45, 2.75) is 22.2 Å². The van der Waals surface area contributed by atoms with E-state index in [2.05, 4.69) is 63.5 Å². The van der Waals surface area contributed by atoms with Gasteiger partial charge in [0.25, 0.3) is 0 Å². The zero-order valence-corrected chi connectivity index (χ0v) is 26.0. The van der Waals surface area contributed by atoms with Gasteiger partial charge in [0.1, 0.15) is 20.4 Å². The Kier molecular flexibility index (Phi) is 5.67. The molecule has 5 aliphatic rings. The van der Waals surface area contributed by atoms with Gasteiger partial charge in [0.2, 0.25) is 5.91 Å². The Morgan fingerprint density at radius 1 is 0.977 bits per heavy atom. The van der Waals surface area contributed by atoms with Gasteiger partial charge in [-0.3, -0.25) is 14.5 Å². The molecule has 4 aliphatic heterocycles. The van der Waals surface area contributed by atoms with Gasteiger partial charge in [-0.2, -0.15) is 0 Å². The van der Waals surface area contributed by atoms with E-state index in [1.165, 1.54) is 11.8 Å². The van der Waals surface area contributed by atoms with Crippen LogP contribution in [-0.4, -0.2) is 86.4 Å². The molecule has 9 rings (SSSR count). The molecular formula is C33H29N5O2S3. The van der Waals surface area contributed by atoms with E-state index in [-0.39, 0.29) is 23.7 Å². The van der Waals surface area contributed by atoms with E-state index in [0.717, 1.165) is 70.6 Å². The summed E-state index contributed by atoms with van der Waals surface area (Å²) in [6.45, 7) is 3.58. The average Bonchev–Trinajstić information content (AvgIpc) is 3.73. The predicted molar refractivity (Wildman–Crippen MR) is 178 cm³/mol. The molecule has 5 heterocycles. The highest BCUT2D eigenvalue weighted by Gasteiger charge is 2.80. The van der Waals surface area contributed by atoms with E-state index < -0.39 is 10.3 Å². The van der Waals surface area contributed by atoms with Gasteiger partial charge in [0, 0.05) is 66.3 Å². The third kappa shape index (κ3) is 3.25. The first-order chi connectivity index (χ1) is 20.9. The smallest absolute Gasteiger partial charge is 0.245 e. The van der Waals surface area contributed by atoms with Crippen molar-refractivity contribution in [2.75, 3.05) is 49.8 Å². The number of hydrogen-bond acceptors (Lipinski definition) is 9. The molecule has 4 aromatic rings. The first kappa shape index (κ1) is 26.4. The number of amides is 1. The number of benzene rings is 3. The van der Waals surface area contributed by atoms with Crippen LogP contribution >= 0.6 is 35.7 Å². The number of carbonyl (C=O) groups excluding carboxylic acids is 2. The third-order valence-electron chi connectivity index (χ3n) is 10.3. The average molecular weight is 624 g/mol. The Bertz CT molecular complexity index is 1900. The largest absolute Gasteiger partial charge is 0.354 e. The van der Waals surface area contributed by atoms with Crippen LogP contribution in [0.25, 0.3) is 21.7 Å². The minimum Gasteiger partial charge on any atom is -0.354 e. The summed E-state index contributed by atoms with van der Waals surface area (Å²) in [7, 11) is 2.15. The van der Waals surface area contributed by atoms with Crippen molar-refractivity contribution in [1.29, 1.82) is 0 Å². The number of anilines is 1. The van der Waals surface area contributed by atoms with E-state index >= 15 is 4.79 Å². The van der Waals surface area contributed by atoms with Crippen molar-refractivity contribution in [3.8, 4) is 0 Å². The molecule has 1 N–H and O–H groups in total. The second-order valence-electron chi connectivity index (χ2n) is 12.2. The highest BCUT2D eigenvalue weighted by Crippen LogP contribution is 2.70. The number of rotatable bonds is 2. The summed E-state index contributed by atoms with van der Waals surface area (Å²) >= 11 is 9.03. The molecule has 10 heteroatoms. The van der Waals surface area contributed by atoms with Gasteiger partial charge in [0.15, 0.2) is 5.78 Å². The fourth-order valence-electron chi connectivity index (χ4n) is 8.49. The Labute approximate surface area is 263 Å². The maximum absolute atomic E-state index is 15.2. The number of thiocarbonyl (C=S) groups is 1. The standard InChI is InChI=1S/C33H29N5O2S3/c1-36-12-14-37(15-13-36)29-22(16-20-6-2-3-11-24(20)34-29)27-25-17-42-18-38(25)32(33(27)30(40)35-31(41)43-33)23-10-5-8-19-7-4-9-21(26(19)23)28(32)39/h2-11,16,25,27H,12-15,17-18H2,1H3,(H,35,40,41). The number of Topliss-reactive ketones (excluding diaryl/α,β-unsaturated/α-hetero) is 1. The molecule has 7 nitrogen and oxygen atoms in total. The SMILES string of the molecule is CN1CCN(c2nc3ccccc3cc2C2C3CSCN3C3(C(=O)c4cccc5cccc3c45)C23SC(=S)NC3=O)CC1. The lowest BCUT2D eigenvalue weighted by molar-refractivity contribution is -0.123. The molecular weight excluding hydrogens is 595 g/mol. The normalized spacial score (nSPS) is 30.4. The molecule has 4 saturated heterocycles. The number of piperazine rings is 1. The second-order valence-corrected chi connectivity index (χ2v) is 15.1.